The number of likely N-dealkylation sites (tertiary alicyclic amines) is 1. The summed E-state index contributed by atoms with van der Waals surface area (Å²) in [6.45, 7) is 0.0918. The number of hydrogen-bond acceptors (Lipinski definition) is 3. The molecular weight excluding hydrogens is 414 g/mol. The van der Waals surface area contributed by atoms with E-state index in [0.29, 0.717) is 11.2 Å². The normalized spacial score (nSPS) is 18.4. The summed E-state index contributed by atoms with van der Waals surface area (Å²) in [6.07, 6.45) is 5.73. The van der Waals surface area contributed by atoms with Crippen molar-refractivity contribution in [1.29, 1.82) is 0 Å². The molecule has 0 bridgehead atoms. The average Bonchev–Trinajstić information content (AvgIpc) is 3.15. The summed E-state index contributed by atoms with van der Waals surface area (Å²) in [6, 6.07) is 11.2. The molecular formula is C24H24F2N4O2. The number of benzene rings is 1. The van der Waals surface area contributed by atoms with Crippen molar-refractivity contribution in [3.63, 3.8) is 0 Å². The van der Waals surface area contributed by atoms with Crippen LogP contribution in [0.25, 0.3) is 16.7 Å². The second-order valence-corrected chi connectivity index (χ2v) is 8.64. The lowest BCUT2D eigenvalue weighted by Crippen LogP contribution is -2.42. The monoisotopic (exact) mass is 438 g/mol. The maximum absolute atomic E-state index is 13.4. The number of nitrogens with one attached hydrogen (secondary N) is 1. The Balaban J connectivity index is 1.36. The number of fused-ring (bicyclic) bond motifs is 1. The van der Waals surface area contributed by atoms with Crippen molar-refractivity contribution in [3.05, 3.63) is 54.4 Å². The highest BCUT2D eigenvalue weighted by molar-refractivity contribution is 5.97. The molecule has 0 atom stereocenters. The van der Waals surface area contributed by atoms with Crippen molar-refractivity contribution >= 4 is 28.5 Å². The third kappa shape index (κ3) is 3.97. The van der Waals surface area contributed by atoms with Gasteiger partial charge in [0.05, 0.1) is 5.56 Å². The Morgan fingerprint density at radius 1 is 1.09 bits per heavy atom. The van der Waals surface area contributed by atoms with Gasteiger partial charge in [-0.15, -0.1) is 0 Å². The SMILES string of the molecule is O=C(Nc1cccc(-n2ccc3cc(C(=O)N4CCC(F)(F)CC4)cnc32)c1)C1CCC1. The molecule has 3 heterocycles. The van der Waals surface area contributed by atoms with E-state index in [1.54, 1.807) is 6.07 Å². The van der Waals surface area contributed by atoms with Gasteiger partial charge in [0.1, 0.15) is 5.65 Å². The van der Waals surface area contributed by atoms with Gasteiger partial charge in [0.25, 0.3) is 11.8 Å². The molecule has 1 aliphatic carbocycles. The van der Waals surface area contributed by atoms with Crippen molar-refractivity contribution in [3.8, 4) is 5.69 Å². The van der Waals surface area contributed by atoms with E-state index >= 15 is 0 Å². The summed E-state index contributed by atoms with van der Waals surface area (Å²) in [4.78, 5) is 31.0. The number of nitrogens with zero attached hydrogens (tertiary/aromatic N) is 3. The fourth-order valence-electron chi connectivity index (χ4n) is 4.22. The number of anilines is 1. The van der Waals surface area contributed by atoms with E-state index in [4.69, 9.17) is 0 Å². The van der Waals surface area contributed by atoms with E-state index in [0.717, 1.165) is 36.0 Å². The number of alkyl halides is 2. The van der Waals surface area contributed by atoms with Crippen LogP contribution in [0.2, 0.25) is 0 Å². The molecule has 0 spiro atoms. The second kappa shape index (κ2) is 8.00. The molecule has 2 fully saturated rings. The summed E-state index contributed by atoms with van der Waals surface area (Å²) in [5, 5.41) is 3.76. The zero-order chi connectivity index (χ0) is 22.3. The summed E-state index contributed by atoms with van der Waals surface area (Å²) >= 11 is 0. The van der Waals surface area contributed by atoms with Crippen LogP contribution in [0.3, 0.4) is 0 Å². The largest absolute Gasteiger partial charge is 0.338 e. The molecule has 2 aliphatic rings. The Morgan fingerprint density at radius 3 is 2.59 bits per heavy atom. The Labute approximate surface area is 184 Å². The first kappa shape index (κ1) is 20.6. The predicted molar refractivity (Wildman–Crippen MR) is 117 cm³/mol. The molecule has 2 amide bonds. The second-order valence-electron chi connectivity index (χ2n) is 8.64. The Kier molecular flexibility index (Phi) is 5.15. The van der Waals surface area contributed by atoms with Gasteiger partial charge in [0, 0.05) is 61.0 Å². The van der Waals surface area contributed by atoms with E-state index in [9.17, 15) is 18.4 Å². The van der Waals surface area contributed by atoms with Crippen LogP contribution in [0.15, 0.2) is 48.8 Å². The van der Waals surface area contributed by atoms with Gasteiger partial charge >= 0.3 is 0 Å². The van der Waals surface area contributed by atoms with Crippen molar-refractivity contribution in [2.45, 2.75) is 38.0 Å². The first-order valence-corrected chi connectivity index (χ1v) is 11.0. The Morgan fingerprint density at radius 2 is 1.88 bits per heavy atom. The molecule has 166 valence electrons. The van der Waals surface area contributed by atoms with Crippen molar-refractivity contribution in [2.24, 2.45) is 5.92 Å². The lowest BCUT2D eigenvalue weighted by molar-refractivity contribution is -0.122. The van der Waals surface area contributed by atoms with Crippen LogP contribution >= 0.6 is 0 Å². The third-order valence-corrected chi connectivity index (χ3v) is 6.42. The van der Waals surface area contributed by atoms with Crippen LogP contribution in [-0.2, 0) is 4.79 Å². The van der Waals surface area contributed by atoms with E-state index in [1.807, 2.05) is 41.1 Å². The fourth-order valence-corrected chi connectivity index (χ4v) is 4.22. The van der Waals surface area contributed by atoms with Crippen LogP contribution in [-0.4, -0.2) is 45.3 Å². The zero-order valence-electron chi connectivity index (χ0n) is 17.6. The topological polar surface area (TPSA) is 67.2 Å². The molecule has 32 heavy (non-hydrogen) atoms. The minimum atomic E-state index is -2.69. The molecule has 8 heteroatoms. The molecule has 5 rings (SSSR count). The van der Waals surface area contributed by atoms with E-state index < -0.39 is 5.92 Å². The maximum Gasteiger partial charge on any atom is 0.255 e. The zero-order valence-corrected chi connectivity index (χ0v) is 17.6. The molecule has 0 radical (unpaired) electrons. The number of hydrogen-bond donors (Lipinski definition) is 1. The number of amides is 2. The average molecular weight is 438 g/mol. The van der Waals surface area contributed by atoms with Gasteiger partial charge < -0.3 is 14.8 Å². The first-order valence-electron chi connectivity index (χ1n) is 11.0. The maximum atomic E-state index is 13.4. The lowest BCUT2D eigenvalue weighted by atomic mass is 9.85. The number of halogens is 2. The molecule has 1 aromatic carbocycles. The predicted octanol–water partition coefficient (Wildman–Crippen LogP) is 4.64. The van der Waals surface area contributed by atoms with Gasteiger partial charge in [0.15, 0.2) is 0 Å². The fraction of sp³-hybridized carbons (Fsp3) is 0.375. The molecule has 1 N–H and O–H groups in total. The smallest absolute Gasteiger partial charge is 0.255 e. The van der Waals surface area contributed by atoms with Crippen LogP contribution in [0.1, 0.15) is 42.5 Å². The van der Waals surface area contributed by atoms with Crippen molar-refractivity contribution in [2.75, 3.05) is 18.4 Å². The summed E-state index contributed by atoms with van der Waals surface area (Å²) in [7, 11) is 0. The molecule has 6 nitrogen and oxygen atoms in total. The quantitative estimate of drug-likeness (QED) is 0.646. The minimum absolute atomic E-state index is 0.0459. The first-order chi connectivity index (χ1) is 15.4. The van der Waals surface area contributed by atoms with Gasteiger partial charge in [-0.3, -0.25) is 9.59 Å². The van der Waals surface area contributed by atoms with Gasteiger partial charge in [-0.25, -0.2) is 13.8 Å². The number of carbonyl (C=O) groups is 2. The van der Waals surface area contributed by atoms with Gasteiger partial charge in [0.2, 0.25) is 5.91 Å². The number of pyridine rings is 1. The third-order valence-electron chi connectivity index (χ3n) is 6.42. The number of aromatic nitrogens is 2. The summed E-state index contributed by atoms with van der Waals surface area (Å²) < 4.78 is 28.7. The summed E-state index contributed by atoms with van der Waals surface area (Å²) in [5.41, 5.74) is 2.64. The molecule has 3 aromatic rings. The van der Waals surface area contributed by atoms with Crippen LogP contribution < -0.4 is 5.32 Å². The highest BCUT2D eigenvalue weighted by Crippen LogP contribution is 2.30. The van der Waals surface area contributed by atoms with Gasteiger partial charge in [-0.05, 0) is 43.2 Å². The summed E-state index contributed by atoms with van der Waals surface area (Å²) in [5.74, 6) is -2.80. The van der Waals surface area contributed by atoms with Crippen molar-refractivity contribution in [1.82, 2.24) is 14.5 Å². The number of piperidine rings is 1. The molecule has 1 aliphatic heterocycles. The van der Waals surface area contributed by atoms with Crippen LogP contribution in [0, 0.1) is 5.92 Å². The van der Waals surface area contributed by atoms with Crippen LogP contribution in [0.5, 0.6) is 0 Å². The molecule has 2 aromatic heterocycles. The van der Waals surface area contributed by atoms with Gasteiger partial charge in [-0.2, -0.15) is 0 Å². The van der Waals surface area contributed by atoms with Crippen molar-refractivity contribution < 1.29 is 18.4 Å². The van der Waals surface area contributed by atoms with E-state index in [1.165, 1.54) is 11.1 Å². The van der Waals surface area contributed by atoms with Gasteiger partial charge in [-0.1, -0.05) is 12.5 Å². The number of rotatable bonds is 4. The van der Waals surface area contributed by atoms with Crippen LogP contribution in [0.4, 0.5) is 14.5 Å². The number of carbonyl (C=O) groups excluding carboxylic acids is 2. The van der Waals surface area contributed by atoms with E-state index in [-0.39, 0.29) is 43.7 Å². The molecule has 1 saturated carbocycles. The Bertz CT molecular complexity index is 1180. The highest BCUT2D eigenvalue weighted by Gasteiger charge is 2.35. The molecule has 1 saturated heterocycles. The standard InChI is InChI=1S/C24H24F2N4O2/c25-24(26)8-11-29(12-9-24)23(32)18-13-17-7-10-30(21(17)27-15-18)20-6-2-5-19(14-20)28-22(31)16-3-1-4-16/h2,5-7,10,13-16H,1,3-4,8-9,11-12H2,(H,28,31). The molecule has 0 unspecified atom stereocenters. The van der Waals surface area contributed by atoms with E-state index in [2.05, 4.69) is 10.3 Å². The Hall–Kier alpha value is -3.29. The lowest BCUT2D eigenvalue weighted by Gasteiger charge is -2.31. The minimum Gasteiger partial charge on any atom is -0.338 e. The highest BCUT2D eigenvalue weighted by atomic mass is 19.3.